The predicted octanol–water partition coefficient (Wildman–Crippen LogP) is -0.254. The third kappa shape index (κ3) is 18.3. The predicted molar refractivity (Wildman–Crippen MR) is 159 cm³/mol. The molecule has 0 unspecified atom stereocenters. The Morgan fingerprint density at radius 3 is 1.37 bits per heavy atom. The largest absolute Gasteiger partial charge is 0.480 e. The van der Waals surface area contributed by atoms with Gasteiger partial charge in [-0.1, -0.05) is 0 Å². The van der Waals surface area contributed by atoms with Crippen LogP contribution in [0.1, 0.15) is 80.1 Å². The van der Waals surface area contributed by atoms with Crippen LogP contribution in [0.2, 0.25) is 0 Å². The van der Waals surface area contributed by atoms with Crippen LogP contribution in [-0.2, 0) is 38.1 Å². The quantitative estimate of drug-likeness (QED) is 0.0733. The van der Waals surface area contributed by atoms with E-state index in [-0.39, 0.29) is 51.7 Å². The van der Waals surface area contributed by atoms with Gasteiger partial charge in [0.15, 0.2) is 12.2 Å². The summed E-state index contributed by atoms with van der Waals surface area (Å²) in [6.07, 6.45) is -8.82. The van der Waals surface area contributed by atoms with Crippen LogP contribution in [0, 0.1) is 0 Å². The molecule has 0 aliphatic rings. The molecule has 0 radical (unpaired) electrons. The smallest absolute Gasteiger partial charge is 0.408 e. The molecule has 46 heavy (non-hydrogen) atoms. The molecule has 18 heteroatoms. The zero-order valence-electron chi connectivity index (χ0n) is 27.1. The molecule has 266 valence electrons. The minimum Gasteiger partial charge on any atom is -0.480 e. The van der Waals surface area contributed by atoms with Crippen molar-refractivity contribution in [2.45, 2.75) is 128 Å². The maximum atomic E-state index is 12.2. The summed E-state index contributed by atoms with van der Waals surface area (Å²) in [5, 5.41) is 43.9. The molecule has 0 spiro atoms. The summed E-state index contributed by atoms with van der Waals surface area (Å²) in [7, 11) is 0. The molecule has 0 saturated carbocycles. The molecule has 0 heterocycles. The lowest BCUT2D eigenvalue weighted by Crippen LogP contribution is -2.55. The lowest BCUT2D eigenvalue weighted by molar-refractivity contribution is -0.169. The number of aliphatic carboxylic acids is 2. The lowest BCUT2D eigenvalue weighted by Gasteiger charge is -2.30. The van der Waals surface area contributed by atoms with Gasteiger partial charge < -0.3 is 61.5 Å². The van der Waals surface area contributed by atoms with Crippen molar-refractivity contribution in [1.82, 2.24) is 10.6 Å². The van der Waals surface area contributed by atoms with Crippen molar-refractivity contribution >= 4 is 35.9 Å². The third-order valence-corrected chi connectivity index (χ3v) is 5.89. The van der Waals surface area contributed by atoms with Crippen LogP contribution in [0.5, 0.6) is 0 Å². The van der Waals surface area contributed by atoms with Crippen LogP contribution in [-0.4, -0.2) is 117 Å². The Morgan fingerprint density at radius 2 is 1.04 bits per heavy atom. The van der Waals surface area contributed by atoms with Crippen LogP contribution in [0.4, 0.5) is 9.59 Å². The molecule has 0 saturated heterocycles. The highest BCUT2D eigenvalue weighted by Crippen LogP contribution is 2.16. The van der Waals surface area contributed by atoms with Crippen molar-refractivity contribution in [2.75, 3.05) is 13.2 Å². The van der Waals surface area contributed by atoms with Gasteiger partial charge in [0.1, 0.15) is 35.5 Å². The second-order valence-electron chi connectivity index (χ2n) is 12.4. The molecule has 0 rings (SSSR count). The van der Waals surface area contributed by atoms with Crippen molar-refractivity contribution in [3.63, 3.8) is 0 Å². The van der Waals surface area contributed by atoms with E-state index < -0.39 is 83.6 Å². The maximum absolute atomic E-state index is 12.2. The SMILES string of the molecule is CC(C)(C)OC(=O)N[C@@H](CCCCO[C@@H]([C@H](O)[C@H](O)C(N)=O)[C@@H](OCCCC[C@H](NC(=O)OC(C)(C)C)C(=O)O)C(N)=O)C(=O)O. The molecule has 0 bridgehead atoms. The fraction of sp³-hybridized carbons (Fsp3) is 0.786. The number of carboxylic acids is 2. The molecule has 0 aromatic heterocycles. The van der Waals surface area contributed by atoms with E-state index in [1.165, 1.54) is 0 Å². The minimum atomic E-state index is -2.17. The number of aliphatic hydroxyl groups excluding tert-OH is 2. The summed E-state index contributed by atoms with van der Waals surface area (Å²) in [5.74, 6) is -5.04. The molecular formula is C28H50N4O14. The van der Waals surface area contributed by atoms with Gasteiger partial charge >= 0.3 is 24.1 Å². The van der Waals surface area contributed by atoms with Gasteiger partial charge in [-0.3, -0.25) is 9.59 Å². The highest BCUT2D eigenvalue weighted by molar-refractivity contribution is 5.82. The summed E-state index contributed by atoms with van der Waals surface area (Å²) >= 11 is 0. The van der Waals surface area contributed by atoms with Crippen LogP contribution in [0.15, 0.2) is 0 Å². The number of nitrogens with two attached hydrogens (primary N) is 2. The first-order valence-corrected chi connectivity index (χ1v) is 14.7. The van der Waals surface area contributed by atoms with Crippen molar-refractivity contribution in [2.24, 2.45) is 11.5 Å². The molecule has 0 aliphatic carbocycles. The third-order valence-electron chi connectivity index (χ3n) is 5.89. The first-order valence-electron chi connectivity index (χ1n) is 14.7. The second-order valence-corrected chi connectivity index (χ2v) is 12.4. The van der Waals surface area contributed by atoms with E-state index in [2.05, 4.69) is 10.6 Å². The monoisotopic (exact) mass is 666 g/mol. The van der Waals surface area contributed by atoms with Gasteiger partial charge in [-0.15, -0.1) is 0 Å². The number of rotatable bonds is 21. The number of ether oxygens (including phenoxy) is 4. The van der Waals surface area contributed by atoms with Crippen LogP contribution in [0.25, 0.3) is 0 Å². The number of carbonyl (C=O) groups excluding carboxylic acids is 4. The lowest BCUT2D eigenvalue weighted by atomic mass is 10.0. The number of carboxylic acid groups (broad SMARTS) is 2. The number of amides is 4. The van der Waals surface area contributed by atoms with Gasteiger partial charge in [0.05, 0.1) is 0 Å². The number of carbonyl (C=O) groups is 6. The fourth-order valence-electron chi connectivity index (χ4n) is 3.80. The van der Waals surface area contributed by atoms with Crippen molar-refractivity contribution in [1.29, 1.82) is 0 Å². The van der Waals surface area contributed by atoms with E-state index in [1.807, 2.05) is 0 Å². The first-order chi connectivity index (χ1) is 21.1. The maximum Gasteiger partial charge on any atom is 0.408 e. The number of unbranched alkanes of at least 4 members (excludes halogenated alkanes) is 2. The molecule has 0 aromatic carbocycles. The molecule has 0 fully saturated rings. The summed E-state index contributed by atoms with van der Waals surface area (Å²) in [6, 6.07) is -2.56. The highest BCUT2D eigenvalue weighted by atomic mass is 16.6. The Hall–Kier alpha value is -3.74. The molecule has 4 amide bonds. The fourth-order valence-corrected chi connectivity index (χ4v) is 3.80. The van der Waals surface area contributed by atoms with Crippen molar-refractivity contribution < 1.29 is 68.1 Å². The average Bonchev–Trinajstić information content (AvgIpc) is 2.88. The van der Waals surface area contributed by atoms with Gasteiger partial charge in [0.2, 0.25) is 11.8 Å². The van der Waals surface area contributed by atoms with E-state index in [0.717, 1.165) is 0 Å². The number of nitrogens with one attached hydrogen (secondary N) is 2. The number of hydrogen-bond donors (Lipinski definition) is 8. The summed E-state index contributed by atoms with van der Waals surface area (Å²) < 4.78 is 21.2. The van der Waals surface area contributed by atoms with E-state index in [1.54, 1.807) is 41.5 Å². The van der Waals surface area contributed by atoms with E-state index in [4.69, 9.17) is 30.4 Å². The normalized spacial score (nSPS) is 15.7. The standard InChI is InChI=1S/C28H50N4O14/c1-27(2,3)45-25(41)31-15(23(37)38)11-7-9-13-43-19(17(33)18(34)21(29)35)20(22(30)36)44-14-10-8-12-16(24(39)40)32-26(42)46-28(4,5)6/h15-20,33-34H,7-14H2,1-6H3,(H2,29,35)(H2,30,36)(H,31,41)(H,32,42)(H,37,38)(H,39,40)/t15-,16-,17+,18-,19-,20+/m0/s1. The minimum absolute atomic E-state index is 0.0256. The summed E-state index contributed by atoms with van der Waals surface area (Å²) in [4.78, 5) is 70.7. The van der Waals surface area contributed by atoms with E-state index in [9.17, 15) is 49.2 Å². The Morgan fingerprint density at radius 1 is 0.652 bits per heavy atom. The van der Waals surface area contributed by atoms with E-state index in [0.29, 0.717) is 0 Å². The first kappa shape index (κ1) is 42.3. The van der Waals surface area contributed by atoms with Gasteiger partial charge in [-0.2, -0.15) is 0 Å². The molecule has 6 atom stereocenters. The van der Waals surface area contributed by atoms with Gasteiger partial charge in [-0.25, -0.2) is 19.2 Å². The number of alkyl carbamates (subject to hydrolysis) is 2. The molecule has 10 N–H and O–H groups in total. The summed E-state index contributed by atoms with van der Waals surface area (Å²) in [5.41, 5.74) is 8.84. The Balaban J connectivity index is 5.24. The Bertz CT molecular complexity index is 1030. The summed E-state index contributed by atoms with van der Waals surface area (Å²) in [6.45, 7) is 9.27. The zero-order chi connectivity index (χ0) is 35.8. The highest BCUT2D eigenvalue weighted by Gasteiger charge is 2.40. The van der Waals surface area contributed by atoms with Gasteiger partial charge in [0, 0.05) is 13.2 Å². The van der Waals surface area contributed by atoms with Crippen molar-refractivity contribution in [3.8, 4) is 0 Å². The zero-order valence-corrected chi connectivity index (χ0v) is 27.1. The molecule has 0 aromatic rings. The van der Waals surface area contributed by atoms with Crippen LogP contribution in [0.3, 0.4) is 0 Å². The van der Waals surface area contributed by atoms with Gasteiger partial charge in [0.25, 0.3) is 0 Å². The van der Waals surface area contributed by atoms with Crippen LogP contribution < -0.4 is 22.1 Å². The van der Waals surface area contributed by atoms with Gasteiger partial charge in [-0.05, 0) is 80.1 Å². The molecular weight excluding hydrogens is 616 g/mol. The number of primary amides is 2. The second kappa shape index (κ2) is 19.7. The number of aliphatic hydroxyl groups is 2. The van der Waals surface area contributed by atoms with E-state index >= 15 is 0 Å². The Labute approximate surface area is 267 Å². The molecule has 0 aliphatic heterocycles. The Kier molecular flexibility index (Phi) is 18.1. The number of hydrogen-bond acceptors (Lipinski definition) is 12. The van der Waals surface area contributed by atoms with Crippen molar-refractivity contribution in [3.05, 3.63) is 0 Å². The average molecular weight is 667 g/mol. The topological polar surface area (TPSA) is 296 Å². The molecule has 18 nitrogen and oxygen atoms in total. The van der Waals surface area contributed by atoms with Crippen LogP contribution >= 0.6 is 0 Å².